The molecule has 8 nitrogen and oxygen atoms in total. The fourth-order valence-corrected chi connectivity index (χ4v) is 4.16. The standard InChI is InChI=1S/C24H29ClN2O6/c1-29-19-5-3-6-20(30-2)24(19)33-16-7-9-27(10-8-16)15-23(28)26-18-14-22-21(13-17(18)25)31-11-4-12-32-22/h3,5-6,13-14,16H,4,7-12,15H2,1-2H3,(H,26,28). The third-order valence-corrected chi connectivity index (χ3v) is 5.99. The minimum Gasteiger partial charge on any atom is -0.493 e. The minimum atomic E-state index is -0.128. The van der Waals surface area contributed by atoms with Gasteiger partial charge in [0.05, 0.1) is 44.7 Å². The molecule has 1 N–H and O–H groups in total. The van der Waals surface area contributed by atoms with Crippen molar-refractivity contribution in [1.29, 1.82) is 0 Å². The maximum Gasteiger partial charge on any atom is 0.238 e. The fraction of sp³-hybridized carbons (Fsp3) is 0.458. The molecule has 4 rings (SSSR count). The zero-order valence-electron chi connectivity index (χ0n) is 18.9. The van der Waals surface area contributed by atoms with Crippen LogP contribution in [0.4, 0.5) is 5.69 Å². The van der Waals surface area contributed by atoms with Gasteiger partial charge in [-0.05, 0) is 25.0 Å². The van der Waals surface area contributed by atoms with E-state index in [9.17, 15) is 4.79 Å². The average molecular weight is 477 g/mol. The molecular weight excluding hydrogens is 448 g/mol. The number of ether oxygens (including phenoxy) is 5. The summed E-state index contributed by atoms with van der Waals surface area (Å²) in [4.78, 5) is 14.8. The van der Waals surface area contributed by atoms with Gasteiger partial charge in [0.25, 0.3) is 0 Å². The van der Waals surface area contributed by atoms with Gasteiger partial charge in [0.2, 0.25) is 11.7 Å². The van der Waals surface area contributed by atoms with E-state index in [1.165, 1.54) is 0 Å². The van der Waals surface area contributed by atoms with Crippen LogP contribution in [-0.2, 0) is 4.79 Å². The van der Waals surface area contributed by atoms with Crippen molar-refractivity contribution in [1.82, 2.24) is 4.90 Å². The summed E-state index contributed by atoms with van der Waals surface area (Å²) in [5.74, 6) is 2.97. The number of fused-ring (bicyclic) bond motifs is 1. The van der Waals surface area contributed by atoms with Crippen LogP contribution in [0, 0.1) is 0 Å². The van der Waals surface area contributed by atoms with Crippen molar-refractivity contribution in [3.63, 3.8) is 0 Å². The van der Waals surface area contributed by atoms with Gasteiger partial charge in [0.1, 0.15) is 6.10 Å². The molecule has 2 heterocycles. The molecule has 0 bridgehead atoms. The molecule has 2 aromatic rings. The summed E-state index contributed by atoms with van der Waals surface area (Å²) in [6.07, 6.45) is 2.40. The number of carbonyl (C=O) groups is 1. The molecule has 9 heteroatoms. The summed E-state index contributed by atoms with van der Waals surface area (Å²) < 4.78 is 28.4. The van der Waals surface area contributed by atoms with Crippen LogP contribution in [0.25, 0.3) is 0 Å². The predicted molar refractivity (Wildman–Crippen MR) is 125 cm³/mol. The second-order valence-electron chi connectivity index (χ2n) is 7.96. The summed E-state index contributed by atoms with van der Waals surface area (Å²) in [6.45, 7) is 2.91. The van der Waals surface area contributed by atoms with Gasteiger partial charge in [-0.1, -0.05) is 17.7 Å². The molecule has 0 aromatic heterocycles. The fourth-order valence-electron chi connectivity index (χ4n) is 3.96. The van der Waals surface area contributed by atoms with Crippen molar-refractivity contribution in [3.8, 4) is 28.7 Å². The van der Waals surface area contributed by atoms with E-state index in [2.05, 4.69) is 10.2 Å². The van der Waals surface area contributed by atoms with Crippen LogP contribution in [0.1, 0.15) is 19.3 Å². The van der Waals surface area contributed by atoms with E-state index >= 15 is 0 Å². The van der Waals surface area contributed by atoms with Gasteiger partial charge in [0, 0.05) is 31.6 Å². The number of halogens is 1. The first-order valence-electron chi connectivity index (χ1n) is 11.1. The van der Waals surface area contributed by atoms with Gasteiger partial charge >= 0.3 is 0 Å². The molecule has 2 aromatic carbocycles. The van der Waals surface area contributed by atoms with Crippen LogP contribution in [0.15, 0.2) is 30.3 Å². The van der Waals surface area contributed by atoms with Gasteiger partial charge in [-0.25, -0.2) is 0 Å². The number of hydrogen-bond acceptors (Lipinski definition) is 7. The Bertz CT molecular complexity index is 955. The van der Waals surface area contributed by atoms with Crippen molar-refractivity contribution < 1.29 is 28.5 Å². The number of methoxy groups -OCH3 is 2. The second-order valence-corrected chi connectivity index (χ2v) is 8.37. The zero-order valence-corrected chi connectivity index (χ0v) is 19.7. The zero-order chi connectivity index (χ0) is 23.2. The number of carbonyl (C=O) groups excluding carboxylic acids is 1. The highest BCUT2D eigenvalue weighted by Crippen LogP contribution is 2.39. The van der Waals surface area contributed by atoms with E-state index in [1.54, 1.807) is 26.4 Å². The van der Waals surface area contributed by atoms with E-state index in [0.29, 0.717) is 52.7 Å². The number of para-hydroxylation sites is 1. The molecular formula is C24H29ClN2O6. The van der Waals surface area contributed by atoms with Crippen molar-refractivity contribution in [2.45, 2.75) is 25.4 Å². The molecule has 1 fully saturated rings. The smallest absolute Gasteiger partial charge is 0.238 e. The number of nitrogens with one attached hydrogen (secondary N) is 1. The number of nitrogens with zero attached hydrogens (tertiary/aromatic N) is 1. The summed E-state index contributed by atoms with van der Waals surface area (Å²) in [7, 11) is 3.22. The van der Waals surface area contributed by atoms with Crippen LogP contribution in [0.5, 0.6) is 28.7 Å². The molecule has 178 valence electrons. The Morgan fingerprint density at radius 3 is 2.36 bits per heavy atom. The summed E-state index contributed by atoms with van der Waals surface area (Å²) >= 11 is 6.35. The van der Waals surface area contributed by atoms with Crippen LogP contribution in [-0.4, -0.2) is 64.0 Å². The first-order chi connectivity index (χ1) is 16.1. The maximum absolute atomic E-state index is 12.7. The average Bonchev–Trinajstić information content (AvgIpc) is 3.05. The molecule has 33 heavy (non-hydrogen) atoms. The number of piperidine rings is 1. The van der Waals surface area contributed by atoms with Crippen LogP contribution < -0.4 is 29.0 Å². The molecule has 0 atom stereocenters. The van der Waals surface area contributed by atoms with Crippen molar-refractivity contribution in [2.75, 3.05) is 52.4 Å². The molecule has 0 spiro atoms. The Morgan fingerprint density at radius 2 is 1.73 bits per heavy atom. The van der Waals surface area contributed by atoms with Crippen LogP contribution in [0.3, 0.4) is 0 Å². The number of likely N-dealkylation sites (tertiary alicyclic amines) is 1. The van der Waals surface area contributed by atoms with Gasteiger partial charge in [-0.2, -0.15) is 0 Å². The van der Waals surface area contributed by atoms with Crippen molar-refractivity contribution in [3.05, 3.63) is 35.4 Å². The SMILES string of the molecule is COc1cccc(OC)c1OC1CCN(CC(=O)Nc2cc3c(cc2Cl)OCCCO3)CC1. The van der Waals surface area contributed by atoms with Crippen molar-refractivity contribution >= 4 is 23.2 Å². The number of hydrogen-bond donors (Lipinski definition) is 1. The normalized spacial score (nSPS) is 16.6. The molecule has 1 amide bonds. The Balaban J connectivity index is 1.30. The number of anilines is 1. The Kier molecular flexibility index (Phi) is 7.67. The van der Waals surface area contributed by atoms with E-state index in [4.69, 9.17) is 35.3 Å². The van der Waals surface area contributed by atoms with E-state index in [0.717, 1.165) is 32.4 Å². The lowest BCUT2D eigenvalue weighted by atomic mass is 10.1. The molecule has 0 unspecified atom stereocenters. The van der Waals surface area contributed by atoms with Crippen LogP contribution in [0.2, 0.25) is 5.02 Å². The largest absolute Gasteiger partial charge is 0.493 e. The Labute approximate surface area is 198 Å². The molecule has 0 aliphatic carbocycles. The minimum absolute atomic E-state index is 0.0192. The van der Waals surface area contributed by atoms with E-state index < -0.39 is 0 Å². The molecule has 0 saturated carbocycles. The van der Waals surface area contributed by atoms with E-state index in [-0.39, 0.29) is 18.6 Å². The van der Waals surface area contributed by atoms with Crippen molar-refractivity contribution in [2.24, 2.45) is 0 Å². The highest BCUT2D eigenvalue weighted by molar-refractivity contribution is 6.34. The lowest BCUT2D eigenvalue weighted by Gasteiger charge is -2.32. The first-order valence-corrected chi connectivity index (χ1v) is 11.4. The first kappa shape index (κ1) is 23.3. The number of benzene rings is 2. The number of amides is 1. The summed E-state index contributed by atoms with van der Waals surface area (Å²) in [5.41, 5.74) is 0.521. The molecule has 2 aliphatic rings. The quantitative estimate of drug-likeness (QED) is 0.647. The lowest BCUT2D eigenvalue weighted by molar-refractivity contribution is -0.117. The summed E-state index contributed by atoms with van der Waals surface area (Å²) in [6, 6.07) is 8.97. The molecule has 1 saturated heterocycles. The van der Waals surface area contributed by atoms with Gasteiger partial charge in [-0.15, -0.1) is 0 Å². The highest BCUT2D eigenvalue weighted by atomic mass is 35.5. The predicted octanol–water partition coefficient (Wildman–Crippen LogP) is 4.00. The number of rotatable bonds is 7. The van der Waals surface area contributed by atoms with Gasteiger partial charge in [0.15, 0.2) is 23.0 Å². The van der Waals surface area contributed by atoms with Gasteiger partial charge < -0.3 is 29.0 Å². The topological polar surface area (TPSA) is 78.5 Å². The van der Waals surface area contributed by atoms with Gasteiger partial charge in [-0.3, -0.25) is 9.69 Å². The third kappa shape index (κ3) is 5.75. The van der Waals surface area contributed by atoms with Crippen LogP contribution >= 0.6 is 11.6 Å². The molecule has 2 aliphatic heterocycles. The second kappa shape index (κ2) is 10.9. The Morgan fingerprint density at radius 1 is 1.09 bits per heavy atom. The maximum atomic E-state index is 12.7. The lowest BCUT2D eigenvalue weighted by Crippen LogP contribution is -2.42. The Hall–Kier alpha value is -2.84. The third-order valence-electron chi connectivity index (χ3n) is 5.68. The molecule has 0 radical (unpaired) electrons. The summed E-state index contributed by atoms with van der Waals surface area (Å²) in [5, 5.41) is 3.32. The highest BCUT2D eigenvalue weighted by Gasteiger charge is 2.25. The monoisotopic (exact) mass is 476 g/mol. The van der Waals surface area contributed by atoms with E-state index in [1.807, 2.05) is 18.2 Å².